The van der Waals surface area contributed by atoms with E-state index in [1.165, 1.54) is 11.3 Å². The molecule has 3 rings (SSSR count). The number of rotatable bonds is 8. The van der Waals surface area contributed by atoms with Crippen LogP contribution in [0.4, 0.5) is 0 Å². The topological polar surface area (TPSA) is 79.1 Å². The maximum absolute atomic E-state index is 12.5. The first kappa shape index (κ1) is 21.7. The van der Waals surface area contributed by atoms with Crippen LogP contribution in [0.1, 0.15) is 22.8 Å². The fourth-order valence-corrected chi connectivity index (χ4v) is 4.01. The van der Waals surface area contributed by atoms with Crippen LogP contribution in [0.2, 0.25) is 0 Å². The molecule has 0 unspecified atom stereocenters. The quantitative estimate of drug-likeness (QED) is 0.514. The number of amides is 1. The molecule has 0 aliphatic rings. The molecular formula is C22H24N2O5S. The molecule has 0 aliphatic heterocycles. The Morgan fingerprint density at radius 1 is 1.17 bits per heavy atom. The number of esters is 1. The number of aryl methyl sites for hydroxylation is 1. The van der Waals surface area contributed by atoms with Crippen LogP contribution in [0.5, 0.6) is 5.75 Å². The lowest BCUT2D eigenvalue weighted by molar-refractivity contribution is -0.120. The van der Waals surface area contributed by atoms with Gasteiger partial charge in [-0.15, -0.1) is 0 Å². The van der Waals surface area contributed by atoms with E-state index in [0.29, 0.717) is 35.9 Å². The van der Waals surface area contributed by atoms with Gasteiger partial charge in [0.2, 0.25) is 0 Å². The minimum Gasteiger partial charge on any atom is -0.483 e. The first-order valence-corrected chi connectivity index (χ1v) is 10.4. The van der Waals surface area contributed by atoms with Crippen LogP contribution in [0.3, 0.4) is 0 Å². The average molecular weight is 429 g/mol. The molecule has 8 heteroatoms. The highest BCUT2D eigenvalue weighted by atomic mass is 32.1. The van der Waals surface area contributed by atoms with Crippen LogP contribution in [-0.4, -0.2) is 43.4 Å². The fourth-order valence-electron chi connectivity index (χ4n) is 2.90. The lowest BCUT2D eigenvalue weighted by Gasteiger charge is -2.07. The number of hydrogen-bond acceptors (Lipinski definition) is 6. The van der Waals surface area contributed by atoms with E-state index in [0.717, 1.165) is 15.8 Å². The molecular weight excluding hydrogens is 404 g/mol. The number of thiazole rings is 1. The van der Waals surface area contributed by atoms with Crippen molar-refractivity contribution in [3.8, 4) is 5.75 Å². The molecule has 1 heterocycles. The summed E-state index contributed by atoms with van der Waals surface area (Å²) >= 11 is 1.33. The number of ether oxygens (including phenoxy) is 3. The van der Waals surface area contributed by atoms with Crippen molar-refractivity contribution in [2.45, 2.75) is 20.4 Å². The van der Waals surface area contributed by atoms with Gasteiger partial charge in [0.05, 0.1) is 29.0 Å². The van der Waals surface area contributed by atoms with Gasteiger partial charge in [-0.2, -0.15) is 4.99 Å². The molecule has 0 spiro atoms. The van der Waals surface area contributed by atoms with Gasteiger partial charge in [0.25, 0.3) is 5.91 Å². The van der Waals surface area contributed by atoms with Crippen LogP contribution >= 0.6 is 11.3 Å². The van der Waals surface area contributed by atoms with Crippen molar-refractivity contribution in [1.29, 1.82) is 0 Å². The smallest absolute Gasteiger partial charge is 0.338 e. The maximum Gasteiger partial charge on any atom is 0.338 e. The molecule has 0 radical (unpaired) electrons. The third-order valence-corrected chi connectivity index (χ3v) is 5.42. The van der Waals surface area contributed by atoms with Gasteiger partial charge in [0.15, 0.2) is 11.4 Å². The number of aromatic nitrogens is 1. The molecule has 0 saturated heterocycles. The number of benzene rings is 2. The second-order valence-electron chi connectivity index (χ2n) is 6.49. The SMILES string of the molecule is CCOC(=O)c1ccc2c(c1)sc(=NC(=O)COc1ccccc1C)n2CCOC. The normalized spacial score (nSPS) is 11.6. The van der Waals surface area contributed by atoms with Crippen molar-refractivity contribution < 1.29 is 23.8 Å². The van der Waals surface area contributed by atoms with Gasteiger partial charge in [0.1, 0.15) is 5.75 Å². The average Bonchev–Trinajstić information content (AvgIpc) is 3.07. The van der Waals surface area contributed by atoms with Crippen molar-refractivity contribution in [1.82, 2.24) is 4.57 Å². The summed E-state index contributed by atoms with van der Waals surface area (Å²) in [6, 6.07) is 12.8. The molecule has 158 valence electrons. The van der Waals surface area contributed by atoms with Crippen LogP contribution in [-0.2, 0) is 20.8 Å². The van der Waals surface area contributed by atoms with Crippen molar-refractivity contribution in [2.24, 2.45) is 4.99 Å². The van der Waals surface area contributed by atoms with E-state index >= 15 is 0 Å². The lowest BCUT2D eigenvalue weighted by atomic mass is 10.2. The third kappa shape index (κ3) is 5.14. The number of para-hydroxylation sites is 1. The zero-order valence-corrected chi connectivity index (χ0v) is 18.0. The Morgan fingerprint density at radius 3 is 2.70 bits per heavy atom. The van der Waals surface area contributed by atoms with Gasteiger partial charge in [-0.25, -0.2) is 4.79 Å². The summed E-state index contributed by atoms with van der Waals surface area (Å²) in [5, 5.41) is 0. The van der Waals surface area contributed by atoms with Gasteiger partial charge in [-0.05, 0) is 43.7 Å². The first-order valence-electron chi connectivity index (χ1n) is 9.59. The Morgan fingerprint density at radius 2 is 1.97 bits per heavy atom. The zero-order chi connectivity index (χ0) is 21.5. The highest BCUT2D eigenvalue weighted by molar-refractivity contribution is 7.16. The number of nitrogens with zero attached hydrogens (tertiary/aromatic N) is 2. The molecule has 30 heavy (non-hydrogen) atoms. The molecule has 1 aromatic heterocycles. The standard InChI is InChI=1S/C22H24N2O5S/c1-4-28-21(26)16-9-10-17-19(13-16)30-22(24(17)11-12-27-3)23-20(25)14-29-18-8-6-5-7-15(18)2/h5-10,13H,4,11-12,14H2,1-3H3. The summed E-state index contributed by atoms with van der Waals surface area (Å²) in [5.74, 6) is -0.109. The van der Waals surface area contributed by atoms with Crippen molar-refractivity contribution in [2.75, 3.05) is 26.9 Å². The summed E-state index contributed by atoms with van der Waals surface area (Å²) in [6.07, 6.45) is 0. The fraction of sp³-hybridized carbons (Fsp3) is 0.318. The van der Waals surface area contributed by atoms with Gasteiger partial charge >= 0.3 is 5.97 Å². The molecule has 0 saturated carbocycles. The van der Waals surface area contributed by atoms with Gasteiger partial charge in [-0.3, -0.25) is 4.79 Å². The van der Waals surface area contributed by atoms with E-state index in [1.807, 2.05) is 41.8 Å². The number of methoxy groups -OCH3 is 1. The van der Waals surface area contributed by atoms with Crippen LogP contribution in [0, 0.1) is 6.92 Å². The molecule has 2 aromatic carbocycles. The van der Waals surface area contributed by atoms with E-state index in [2.05, 4.69) is 4.99 Å². The largest absolute Gasteiger partial charge is 0.483 e. The Bertz CT molecular complexity index is 1120. The molecule has 1 amide bonds. The van der Waals surface area contributed by atoms with Crippen molar-refractivity contribution in [3.05, 3.63) is 58.4 Å². The Hall–Kier alpha value is -2.97. The summed E-state index contributed by atoms with van der Waals surface area (Å²) in [5.41, 5.74) is 2.29. The highest BCUT2D eigenvalue weighted by Gasteiger charge is 2.13. The van der Waals surface area contributed by atoms with Gasteiger partial charge in [-0.1, -0.05) is 29.5 Å². The minimum absolute atomic E-state index is 0.155. The summed E-state index contributed by atoms with van der Waals surface area (Å²) < 4.78 is 18.6. The monoisotopic (exact) mass is 428 g/mol. The molecule has 0 fully saturated rings. The first-order chi connectivity index (χ1) is 14.5. The summed E-state index contributed by atoms with van der Waals surface area (Å²) in [7, 11) is 1.62. The van der Waals surface area contributed by atoms with Gasteiger partial charge < -0.3 is 18.8 Å². The van der Waals surface area contributed by atoms with Gasteiger partial charge in [0, 0.05) is 13.7 Å². The van der Waals surface area contributed by atoms with E-state index in [4.69, 9.17) is 14.2 Å². The van der Waals surface area contributed by atoms with E-state index in [9.17, 15) is 9.59 Å². The zero-order valence-electron chi connectivity index (χ0n) is 17.2. The lowest BCUT2D eigenvalue weighted by Crippen LogP contribution is -2.21. The number of fused-ring (bicyclic) bond motifs is 1. The minimum atomic E-state index is -0.387. The Kier molecular flexibility index (Phi) is 7.37. The summed E-state index contributed by atoms with van der Waals surface area (Å²) in [4.78, 5) is 29.3. The Balaban J connectivity index is 1.90. The predicted octanol–water partition coefficient (Wildman–Crippen LogP) is 3.34. The second-order valence-corrected chi connectivity index (χ2v) is 7.50. The van der Waals surface area contributed by atoms with Crippen molar-refractivity contribution in [3.63, 3.8) is 0 Å². The summed E-state index contributed by atoms with van der Waals surface area (Å²) in [6.45, 7) is 4.83. The van der Waals surface area contributed by atoms with E-state index < -0.39 is 0 Å². The molecule has 0 aliphatic carbocycles. The molecule has 0 N–H and O–H groups in total. The molecule has 3 aromatic rings. The Labute approximate surface area is 178 Å². The predicted molar refractivity (Wildman–Crippen MR) is 115 cm³/mol. The number of carbonyl (C=O) groups excluding carboxylic acids is 2. The van der Waals surface area contributed by atoms with E-state index in [-0.39, 0.29) is 18.5 Å². The van der Waals surface area contributed by atoms with Crippen LogP contribution in [0.15, 0.2) is 47.5 Å². The van der Waals surface area contributed by atoms with Crippen molar-refractivity contribution >= 4 is 33.4 Å². The molecule has 0 atom stereocenters. The third-order valence-electron chi connectivity index (χ3n) is 4.38. The van der Waals surface area contributed by atoms with Crippen LogP contribution in [0.25, 0.3) is 10.2 Å². The molecule has 7 nitrogen and oxygen atoms in total. The maximum atomic E-state index is 12.5. The highest BCUT2D eigenvalue weighted by Crippen LogP contribution is 2.20. The molecule has 0 bridgehead atoms. The van der Waals surface area contributed by atoms with E-state index in [1.54, 1.807) is 26.2 Å². The number of carbonyl (C=O) groups is 2. The number of hydrogen-bond donors (Lipinski definition) is 0. The van der Waals surface area contributed by atoms with Crippen LogP contribution < -0.4 is 9.54 Å². The second kappa shape index (κ2) is 10.2.